The molecule has 7 aromatic rings. The molecule has 3 aliphatic heterocycles. The highest BCUT2D eigenvalue weighted by atomic mass is 33.1. The summed E-state index contributed by atoms with van der Waals surface area (Å²) in [5, 5.41) is 77.6. The van der Waals surface area contributed by atoms with Gasteiger partial charge in [-0.15, -0.1) is 0 Å². The maximum atomic E-state index is 15.9. The summed E-state index contributed by atoms with van der Waals surface area (Å²) in [5.41, 5.74) is 20.4. The van der Waals surface area contributed by atoms with Gasteiger partial charge in [0, 0.05) is 123 Å². The predicted octanol–water partition coefficient (Wildman–Crippen LogP) is -3.11. The molecule has 0 radical (unpaired) electrons. The van der Waals surface area contributed by atoms with E-state index in [-0.39, 0.29) is 121 Å². The van der Waals surface area contributed by atoms with Crippen molar-refractivity contribution in [2.45, 2.75) is 208 Å². The maximum Gasteiger partial charge on any atom is 0.246 e. The first-order chi connectivity index (χ1) is 63.2. The molecule has 0 aliphatic carbocycles. The second kappa shape index (κ2) is 48.7. The van der Waals surface area contributed by atoms with E-state index in [9.17, 15) is 14.7 Å². The van der Waals surface area contributed by atoms with E-state index < -0.39 is 215 Å². The van der Waals surface area contributed by atoms with Crippen LogP contribution in [0.15, 0.2) is 116 Å². The summed E-state index contributed by atoms with van der Waals surface area (Å²) in [6.07, 6.45) is 5.48. The van der Waals surface area contributed by atoms with Gasteiger partial charge in [-0.25, -0.2) is 9.97 Å². The van der Waals surface area contributed by atoms with Gasteiger partial charge in [-0.2, -0.15) is 0 Å². The number of fused-ring (bicyclic) bond motifs is 8. The third kappa shape index (κ3) is 28.6. The van der Waals surface area contributed by atoms with Crippen LogP contribution in [0.1, 0.15) is 114 Å². The second-order valence-electron chi connectivity index (χ2n) is 32.9. The summed E-state index contributed by atoms with van der Waals surface area (Å²) in [4.78, 5) is 239. The zero-order valence-electron chi connectivity index (χ0n) is 73.8. The fourth-order valence-corrected chi connectivity index (χ4v) is 18.0. The monoisotopic (exact) mass is 1860 g/mol. The Balaban J connectivity index is 1.10. The first-order valence-corrected chi connectivity index (χ1v) is 46.2. The number of amides is 14. The standard InChI is InChI=1S/C86H119N29O15S2/c1-6-45(2)68-80(127)111-64-41-131-132-42-65(110-72(119)58(25-15-29-96-85(89)90)104-74(121)59(33-49-37-98-55-22-12-10-20-53(49)55)105-71(118)57(24-14-28-95-84(87)88)103-70(117)46(3)102-73(120)60(106-76(64)123)35-51-39-93-43-100-51)77(124)113-69(47(4)116)81(128)107-61(36-52-40-94-44-101-52)75(122)108-62(32-48-18-8-7-9-19-48)82(129)114(5)66(26-16-30-97-86(91)92)78(125)109-63(34-50-38-99-56-23-13-11-21-54(50)56)83(130)115-31-17-27-67(115)79(126)112-68/h7-13,18-23,37-40,43-47,57-69,98-99,116H,6,14-17,24-36,41-42H2,1-5H3,(H,93,100)(H,94,101)(H,102,120)(H,103,117)(H,104,121)(H,105,118)(H,106,123)(H,107,128)(H,108,122)(H,109,125)(H,110,119)(H,111,127)(H,112,126)(H,113,124)(H4,87,88,95)(H4,89,90,96)(H4,91,92,97)/t45-,46-,47+,57-,58-,59-,60-,61-,62+,63-,64-,65-,66-,67-,68-,69-/m0/s1. The van der Waals surface area contributed by atoms with Crippen LogP contribution in [0.2, 0.25) is 0 Å². The quantitative estimate of drug-likeness (QED) is 0.0117. The number of nitrogens with one attached hydrogen (secondary N) is 22. The first kappa shape index (κ1) is 100. The number of nitrogens with zero attached hydrogens (tertiary/aromatic N) is 4. The molecule has 16 atom stereocenters. The lowest BCUT2D eigenvalue weighted by atomic mass is 9.97. The molecule has 10 rings (SSSR count). The van der Waals surface area contributed by atoms with Gasteiger partial charge < -0.3 is 132 Å². The molecule has 4 aromatic heterocycles. The molecule has 7 heterocycles. The molecule has 3 aliphatic rings. The van der Waals surface area contributed by atoms with Crippen molar-refractivity contribution in [1.82, 2.24) is 119 Å². The number of carbonyl (C=O) groups excluding carboxylic acids is 14. The molecule has 132 heavy (non-hydrogen) atoms. The van der Waals surface area contributed by atoms with E-state index in [1.165, 1.54) is 43.9 Å². The lowest BCUT2D eigenvalue weighted by molar-refractivity contribution is -0.145. The number of carbonyl (C=O) groups is 14. The summed E-state index contributed by atoms with van der Waals surface area (Å²) in [6, 6.07) is 0.174. The second-order valence-corrected chi connectivity index (χ2v) is 35.4. The SMILES string of the molecule is CC[C@H](C)[C@@H]1NC(=O)[C@@H]2CCCN2C(=O)[C@H](Cc2c[nH]c3ccccc23)NC(=O)[C@H](CCCNC(=N)N)N(C)C(=O)[C@@H](Cc2ccccc2)NC(=O)[C@H](Cc2c[nH]cn2)NC(=O)[C@H]([C@@H](C)O)NC(=O)[C@@H]2CSSC[C@H](NC1=O)C(=O)N[C@@H](Cc1c[nH]cn1)C(=O)N[C@@H](C)C(=O)N[C@@H](CCCNC(=N)N)C(=O)N[C@@H](Cc1c[nH]c3ccccc13)C(=O)N[C@@H](CCCNC(=N)N)C(=O)N2. The molecule has 0 unspecified atom stereocenters. The van der Waals surface area contributed by atoms with Crippen molar-refractivity contribution < 1.29 is 72.2 Å². The maximum absolute atomic E-state index is 15.9. The van der Waals surface area contributed by atoms with Gasteiger partial charge >= 0.3 is 0 Å². The van der Waals surface area contributed by atoms with E-state index in [0.717, 1.165) is 33.4 Å². The Morgan fingerprint density at radius 3 is 1.42 bits per heavy atom. The number of aromatic amines is 4. The van der Waals surface area contributed by atoms with E-state index in [4.69, 9.17) is 33.4 Å². The number of guanidine groups is 3. The third-order valence-corrected chi connectivity index (χ3v) is 25.6. The summed E-state index contributed by atoms with van der Waals surface area (Å²) in [7, 11) is 2.99. The number of nitrogens with two attached hydrogens (primary N) is 3. The van der Waals surface area contributed by atoms with E-state index >= 15 is 57.5 Å². The van der Waals surface area contributed by atoms with Crippen LogP contribution < -0.4 is 97.0 Å². The zero-order chi connectivity index (χ0) is 95.2. The zero-order valence-corrected chi connectivity index (χ0v) is 75.5. The van der Waals surface area contributed by atoms with Crippen LogP contribution in [0.4, 0.5) is 0 Å². The van der Waals surface area contributed by atoms with Crippen molar-refractivity contribution in [1.29, 1.82) is 16.2 Å². The van der Waals surface area contributed by atoms with E-state index in [1.54, 1.807) is 93.0 Å². The smallest absolute Gasteiger partial charge is 0.246 e. The number of likely N-dealkylation sites (N-methyl/N-ethyl adjacent to an activating group) is 1. The molecule has 3 aromatic carbocycles. The minimum absolute atomic E-state index is 0.0113. The number of hydrogen-bond donors (Lipinski definition) is 26. The Hall–Kier alpha value is -13.8. The van der Waals surface area contributed by atoms with Crippen LogP contribution in [-0.4, -0.2) is 281 Å². The van der Waals surface area contributed by atoms with Crippen LogP contribution in [0.25, 0.3) is 21.8 Å². The fraction of sp³-hybridized carbons (Fsp3) is 0.477. The number of aliphatic hydroxyl groups excluding tert-OH is 1. The topological polar surface area (TPSA) is 685 Å². The van der Waals surface area contributed by atoms with Crippen molar-refractivity contribution in [3.05, 3.63) is 144 Å². The molecule has 0 saturated carbocycles. The van der Waals surface area contributed by atoms with Crippen LogP contribution >= 0.6 is 21.6 Å². The summed E-state index contributed by atoms with van der Waals surface area (Å²) < 4.78 is 0. The number of aliphatic hydroxyl groups is 1. The van der Waals surface area contributed by atoms with Gasteiger partial charge in [0.25, 0.3) is 0 Å². The molecule has 2 bridgehead atoms. The van der Waals surface area contributed by atoms with Gasteiger partial charge in [0.2, 0.25) is 82.7 Å². The van der Waals surface area contributed by atoms with Crippen molar-refractivity contribution in [2.24, 2.45) is 23.1 Å². The Kier molecular flexibility index (Phi) is 37.1. The van der Waals surface area contributed by atoms with E-state index in [0.29, 0.717) is 38.5 Å². The average molecular weight is 1860 g/mol. The lowest BCUT2D eigenvalue weighted by Gasteiger charge is -2.34. The minimum atomic E-state index is -2.03. The molecular formula is C86H119N29O15S2. The Labute approximate surface area is 768 Å². The molecule has 44 nitrogen and oxygen atoms in total. The summed E-state index contributed by atoms with van der Waals surface area (Å²) >= 11 is 0. The van der Waals surface area contributed by atoms with E-state index in [2.05, 4.69) is 110 Å². The lowest BCUT2D eigenvalue weighted by Crippen LogP contribution is -2.63. The number of para-hydroxylation sites is 2. The molecule has 710 valence electrons. The molecule has 3 saturated heterocycles. The Morgan fingerprint density at radius 1 is 0.470 bits per heavy atom. The van der Waals surface area contributed by atoms with Crippen molar-refractivity contribution in [2.75, 3.05) is 44.7 Å². The van der Waals surface area contributed by atoms with Crippen LogP contribution in [0.5, 0.6) is 0 Å². The number of aromatic nitrogens is 6. The van der Waals surface area contributed by atoms with Crippen molar-refractivity contribution in [3.63, 3.8) is 0 Å². The molecule has 3 fully saturated rings. The van der Waals surface area contributed by atoms with E-state index in [1.807, 2.05) is 12.1 Å². The van der Waals surface area contributed by atoms with Crippen LogP contribution in [-0.2, 0) is 99.2 Å². The van der Waals surface area contributed by atoms with Gasteiger partial charge in [-0.05, 0) is 100.0 Å². The number of hydrogen-bond acceptors (Lipinski definition) is 22. The van der Waals surface area contributed by atoms with Gasteiger partial charge in [0.15, 0.2) is 17.9 Å². The molecular weight excluding hydrogens is 1740 g/mol. The average Bonchev–Trinajstić information content (AvgIpc) is 1.62. The largest absolute Gasteiger partial charge is 0.391 e. The van der Waals surface area contributed by atoms with Crippen molar-refractivity contribution >= 4 is 144 Å². The van der Waals surface area contributed by atoms with Crippen LogP contribution in [0.3, 0.4) is 0 Å². The number of benzene rings is 3. The van der Waals surface area contributed by atoms with Crippen molar-refractivity contribution in [3.8, 4) is 0 Å². The molecule has 29 N–H and O–H groups in total. The number of imidazole rings is 2. The summed E-state index contributed by atoms with van der Waals surface area (Å²) in [6.45, 7) is 5.79. The molecule has 46 heteroatoms. The Morgan fingerprint density at radius 2 is 0.894 bits per heavy atom. The van der Waals surface area contributed by atoms with Gasteiger partial charge in [0.1, 0.15) is 84.6 Å². The Bertz CT molecular complexity index is 5210. The summed E-state index contributed by atoms with van der Waals surface area (Å²) in [5.74, 6) is -16.6. The first-order valence-electron chi connectivity index (χ1n) is 43.7. The minimum Gasteiger partial charge on any atom is -0.391 e. The van der Waals surface area contributed by atoms with Gasteiger partial charge in [-0.3, -0.25) is 83.4 Å². The highest BCUT2D eigenvalue weighted by molar-refractivity contribution is 8.76. The van der Waals surface area contributed by atoms with Gasteiger partial charge in [0.05, 0.1) is 30.1 Å². The fourth-order valence-electron chi connectivity index (χ4n) is 15.7. The molecule has 0 spiro atoms. The highest BCUT2D eigenvalue weighted by Gasteiger charge is 2.44. The number of rotatable bonds is 25. The highest BCUT2D eigenvalue weighted by Crippen LogP contribution is 2.28. The molecule has 14 amide bonds. The third-order valence-electron chi connectivity index (χ3n) is 23.1. The normalized spacial score (nSPS) is 24.5. The predicted molar refractivity (Wildman–Crippen MR) is 492 cm³/mol. The van der Waals surface area contributed by atoms with Gasteiger partial charge in [-0.1, -0.05) is 109 Å². The van der Waals surface area contributed by atoms with Crippen LogP contribution in [0, 0.1) is 22.1 Å². The number of H-pyrrole nitrogens is 4.